The van der Waals surface area contributed by atoms with Gasteiger partial charge in [0.25, 0.3) is 11.8 Å². The molecule has 10 nitrogen and oxygen atoms in total. The number of aromatic hydroxyl groups is 2. The molecule has 0 radical (unpaired) electrons. The van der Waals surface area contributed by atoms with Crippen molar-refractivity contribution >= 4 is 23.6 Å². The average molecular weight is 499 g/mol. The zero-order chi connectivity index (χ0) is 26.3. The van der Waals surface area contributed by atoms with E-state index in [0.717, 1.165) is 12.8 Å². The molecule has 1 atom stereocenters. The second-order valence-corrected chi connectivity index (χ2v) is 8.42. The molecule has 0 saturated carbocycles. The number of nitrogens with one attached hydrogen (secondary N) is 4. The Morgan fingerprint density at radius 3 is 1.78 bits per heavy atom. The smallest absolute Gasteiger partial charge is 0.273 e. The lowest BCUT2D eigenvalue weighted by atomic mass is 9.94. The second kappa shape index (κ2) is 15.0. The molecule has 2 aromatic carbocycles. The molecule has 36 heavy (non-hydrogen) atoms. The minimum atomic E-state index is -0.610. The number of phenols is 2. The number of benzene rings is 2. The van der Waals surface area contributed by atoms with Crippen molar-refractivity contribution in [2.24, 2.45) is 5.92 Å². The number of hydrogen-bond donors (Lipinski definition) is 6. The maximum atomic E-state index is 12.6. The highest BCUT2D eigenvalue weighted by molar-refractivity contribution is 5.98. The van der Waals surface area contributed by atoms with Crippen molar-refractivity contribution < 1.29 is 29.4 Å². The summed E-state index contributed by atoms with van der Waals surface area (Å²) in [6, 6.07) is 12.1. The number of rotatable bonds is 12. The highest BCUT2D eigenvalue weighted by Gasteiger charge is 2.19. The largest absolute Gasteiger partial charge is 0.507 e. The maximum absolute atomic E-state index is 12.6. The van der Waals surface area contributed by atoms with Crippen molar-refractivity contribution in [1.82, 2.24) is 21.7 Å². The summed E-state index contributed by atoms with van der Waals surface area (Å²) < 4.78 is 0. The van der Waals surface area contributed by atoms with E-state index in [1.165, 1.54) is 24.3 Å². The quantitative estimate of drug-likeness (QED) is 0.195. The van der Waals surface area contributed by atoms with Crippen LogP contribution in [-0.2, 0) is 9.59 Å². The molecule has 1 unspecified atom stereocenters. The summed E-state index contributed by atoms with van der Waals surface area (Å²) in [5.41, 5.74) is 9.53. The molecule has 0 aromatic heterocycles. The van der Waals surface area contributed by atoms with E-state index < -0.39 is 11.8 Å². The fourth-order valence-corrected chi connectivity index (χ4v) is 3.59. The standard InChI is InChI=1S/C26H34N4O6/c1-2-3-11-18(24(34)28-30-26(36)20-14-8-10-16-22(20)32)12-5-4-6-17-23(33)27-29-25(35)19-13-7-9-15-21(19)31/h7-10,13-16,18,31-32H,2-6,11-12,17H2,1H3,(H,27,33)(H,28,34)(H,29,35)(H,30,36). The van der Waals surface area contributed by atoms with Crippen LogP contribution in [0.3, 0.4) is 0 Å². The molecule has 0 heterocycles. The van der Waals surface area contributed by atoms with Crippen LogP contribution in [0.5, 0.6) is 11.5 Å². The molecule has 6 N–H and O–H groups in total. The van der Waals surface area contributed by atoms with Crippen LogP contribution in [0.25, 0.3) is 0 Å². The molecule has 2 rings (SSSR count). The number of unbranched alkanes of at least 4 members (excludes halogenated alkanes) is 3. The Hall–Kier alpha value is -4.08. The molecule has 0 bridgehead atoms. The molecule has 4 amide bonds. The van der Waals surface area contributed by atoms with Gasteiger partial charge in [-0.25, -0.2) is 0 Å². The number of para-hydroxylation sites is 2. The fourth-order valence-electron chi connectivity index (χ4n) is 3.59. The van der Waals surface area contributed by atoms with Crippen LogP contribution in [0.15, 0.2) is 48.5 Å². The average Bonchev–Trinajstić information content (AvgIpc) is 2.87. The topological polar surface area (TPSA) is 157 Å². The maximum Gasteiger partial charge on any atom is 0.273 e. The van der Waals surface area contributed by atoms with Crippen LogP contribution in [0, 0.1) is 5.92 Å². The van der Waals surface area contributed by atoms with Gasteiger partial charge in [0.2, 0.25) is 11.8 Å². The zero-order valence-corrected chi connectivity index (χ0v) is 20.4. The monoisotopic (exact) mass is 498 g/mol. The van der Waals surface area contributed by atoms with Gasteiger partial charge in [0.15, 0.2) is 0 Å². The number of amides is 4. The van der Waals surface area contributed by atoms with E-state index in [2.05, 4.69) is 21.7 Å². The zero-order valence-electron chi connectivity index (χ0n) is 20.4. The predicted octanol–water partition coefficient (Wildman–Crippen LogP) is 3.08. The van der Waals surface area contributed by atoms with Gasteiger partial charge >= 0.3 is 0 Å². The number of hydrazine groups is 2. The molecule has 10 heteroatoms. The van der Waals surface area contributed by atoms with Crippen LogP contribution in [0.4, 0.5) is 0 Å². The van der Waals surface area contributed by atoms with E-state index >= 15 is 0 Å². The van der Waals surface area contributed by atoms with E-state index in [1.807, 2.05) is 6.92 Å². The van der Waals surface area contributed by atoms with Gasteiger partial charge in [-0.1, -0.05) is 56.9 Å². The SMILES string of the molecule is CCCCC(CCCCCC(=O)NNC(=O)c1ccccc1O)C(=O)NNC(=O)c1ccccc1O. The van der Waals surface area contributed by atoms with Gasteiger partial charge in [-0.3, -0.25) is 40.9 Å². The first kappa shape index (κ1) is 28.2. The van der Waals surface area contributed by atoms with Crippen molar-refractivity contribution in [2.45, 2.75) is 58.3 Å². The van der Waals surface area contributed by atoms with E-state index in [0.29, 0.717) is 32.1 Å². The van der Waals surface area contributed by atoms with E-state index in [-0.39, 0.29) is 46.8 Å². The van der Waals surface area contributed by atoms with Crippen LogP contribution in [0.1, 0.15) is 79.0 Å². The third-order valence-electron chi connectivity index (χ3n) is 5.65. The first-order valence-corrected chi connectivity index (χ1v) is 12.1. The molecule has 0 aliphatic carbocycles. The summed E-state index contributed by atoms with van der Waals surface area (Å²) in [5, 5.41) is 19.4. The third-order valence-corrected chi connectivity index (χ3v) is 5.65. The van der Waals surface area contributed by atoms with E-state index in [9.17, 15) is 29.4 Å². The van der Waals surface area contributed by atoms with Crippen LogP contribution >= 0.6 is 0 Å². The van der Waals surface area contributed by atoms with Gasteiger partial charge < -0.3 is 10.2 Å². The summed E-state index contributed by atoms with van der Waals surface area (Å²) in [4.78, 5) is 48.8. The molecule has 2 aromatic rings. The van der Waals surface area contributed by atoms with E-state index in [4.69, 9.17) is 0 Å². The van der Waals surface area contributed by atoms with Crippen LogP contribution in [0.2, 0.25) is 0 Å². The van der Waals surface area contributed by atoms with Crippen molar-refractivity contribution in [1.29, 1.82) is 0 Å². The third kappa shape index (κ3) is 9.28. The molecular formula is C26H34N4O6. The minimum Gasteiger partial charge on any atom is -0.507 e. The van der Waals surface area contributed by atoms with Gasteiger partial charge in [-0.2, -0.15) is 0 Å². The number of carbonyl (C=O) groups is 4. The Morgan fingerprint density at radius 2 is 1.22 bits per heavy atom. The Labute approximate surface area is 210 Å². The summed E-state index contributed by atoms with van der Waals surface area (Å²) >= 11 is 0. The predicted molar refractivity (Wildman–Crippen MR) is 134 cm³/mol. The number of phenolic OH excluding ortho intramolecular Hbond substituents is 2. The number of carbonyl (C=O) groups excluding carboxylic acids is 4. The fraction of sp³-hybridized carbons (Fsp3) is 0.385. The van der Waals surface area contributed by atoms with Crippen molar-refractivity contribution in [3.63, 3.8) is 0 Å². The van der Waals surface area contributed by atoms with Gasteiger partial charge in [-0.05, 0) is 43.5 Å². The Morgan fingerprint density at radius 1 is 0.694 bits per heavy atom. The lowest BCUT2D eigenvalue weighted by Gasteiger charge is -2.17. The first-order valence-electron chi connectivity index (χ1n) is 12.1. The molecule has 0 saturated heterocycles. The van der Waals surface area contributed by atoms with Gasteiger partial charge in [0.05, 0.1) is 11.1 Å². The van der Waals surface area contributed by atoms with Crippen LogP contribution in [-0.4, -0.2) is 33.8 Å². The van der Waals surface area contributed by atoms with Crippen molar-refractivity contribution in [3.05, 3.63) is 59.7 Å². The van der Waals surface area contributed by atoms with E-state index in [1.54, 1.807) is 24.3 Å². The van der Waals surface area contributed by atoms with Crippen molar-refractivity contribution in [2.75, 3.05) is 0 Å². The van der Waals surface area contributed by atoms with Crippen molar-refractivity contribution in [3.8, 4) is 11.5 Å². The molecular weight excluding hydrogens is 464 g/mol. The highest BCUT2D eigenvalue weighted by Crippen LogP contribution is 2.18. The van der Waals surface area contributed by atoms with Gasteiger partial charge in [-0.15, -0.1) is 0 Å². The summed E-state index contributed by atoms with van der Waals surface area (Å²) in [6.45, 7) is 2.03. The molecule has 0 aliphatic heterocycles. The lowest BCUT2D eigenvalue weighted by Crippen LogP contribution is -2.44. The summed E-state index contributed by atoms with van der Waals surface area (Å²) in [7, 11) is 0. The molecule has 194 valence electrons. The van der Waals surface area contributed by atoms with Gasteiger partial charge in [0.1, 0.15) is 11.5 Å². The second-order valence-electron chi connectivity index (χ2n) is 8.42. The molecule has 0 spiro atoms. The first-order chi connectivity index (χ1) is 17.3. The molecule has 0 fully saturated rings. The lowest BCUT2D eigenvalue weighted by molar-refractivity contribution is -0.126. The molecule has 0 aliphatic rings. The Bertz CT molecular complexity index is 1040. The Balaban J connectivity index is 1.69. The van der Waals surface area contributed by atoms with Gasteiger partial charge in [0, 0.05) is 12.3 Å². The normalized spacial score (nSPS) is 11.2. The summed E-state index contributed by atoms with van der Waals surface area (Å²) in [5.74, 6) is -2.50. The summed E-state index contributed by atoms with van der Waals surface area (Å²) in [6.07, 6.45) is 5.27. The highest BCUT2D eigenvalue weighted by atomic mass is 16.3. The van der Waals surface area contributed by atoms with Crippen LogP contribution < -0.4 is 21.7 Å². The Kier molecular flexibility index (Phi) is 11.8. The number of hydrogen-bond acceptors (Lipinski definition) is 6. The minimum absolute atomic E-state index is 0.0611.